The number of cyclic esters (lactones) is 1. The Morgan fingerprint density at radius 1 is 1.47 bits per heavy atom. The van der Waals surface area contributed by atoms with Crippen LogP contribution < -0.4 is 0 Å². The fourth-order valence-corrected chi connectivity index (χ4v) is 3.08. The Hall–Kier alpha value is -0.880. The Balaban J connectivity index is 2.58. The highest BCUT2D eigenvalue weighted by atomic mass is 79.9. The average molecular weight is 364 g/mol. The topological polar surface area (TPSA) is 63.6 Å². The number of ether oxygens (including phenoxy) is 1. The number of benzene rings is 1. The third-order valence-electron chi connectivity index (χ3n) is 2.66. The van der Waals surface area contributed by atoms with Crippen LogP contribution in [0, 0.1) is 0 Å². The zero-order valence-corrected chi connectivity index (χ0v) is 12.0. The average Bonchev–Trinajstić information content (AvgIpc) is 2.20. The van der Waals surface area contributed by atoms with Crippen molar-refractivity contribution in [2.45, 2.75) is 18.9 Å². The number of fused-ring (bicyclic) bond motifs is 1. The smallest absolute Gasteiger partial charge is 0.348 e. The van der Waals surface area contributed by atoms with Gasteiger partial charge in [-0.1, -0.05) is 31.9 Å². The maximum absolute atomic E-state index is 11.8. The zero-order chi connectivity index (χ0) is 12.8. The van der Waals surface area contributed by atoms with Crippen molar-refractivity contribution >= 4 is 43.8 Å². The number of carboxylic acids is 1. The molecule has 0 spiro atoms. The molecule has 0 bridgehead atoms. The summed E-state index contributed by atoms with van der Waals surface area (Å²) in [6.07, 6.45) is 0.150. The lowest BCUT2D eigenvalue weighted by molar-refractivity contribution is -0.158. The molecule has 2 rings (SSSR count). The third kappa shape index (κ3) is 2.11. The molecule has 1 N–H and O–H groups in total. The van der Waals surface area contributed by atoms with Crippen molar-refractivity contribution in [2.24, 2.45) is 0 Å². The van der Waals surface area contributed by atoms with Crippen LogP contribution in [-0.2, 0) is 16.0 Å². The van der Waals surface area contributed by atoms with Gasteiger partial charge in [0.05, 0.1) is 5.56 Å². The molecule has 0 fully saturated rings. The Morgan fingerprint density at radius 2 is 2.12 bits per heavy atom. The van der Waals surface area contributed by atoms with Crippen molar-refractivity contribution in [3.8, 4) is 0 Å². The summed E-state index contributed by atoms with van der Waals surface area (Å²) >= 11 is 6.60. The number of hydrogen-bond donors (Lipinski definition) is 1. The summed E-state index contributed by atoms with van der Waals surface area (Å²) in [6.45, 7) is 1.39. The van der Waals surface area contributed by atoms with Crippen LogP contribution in [0.5, 0.6) is 0 Å². The van der Waals surface area contributed by atoms with E-state index in [1.165, 1.54) is 6.92 Å². The van der Waals surface area contributed by atoms with Gasteiger partial charge in [-0.25, -0.2) is 9.59 Å². The van der Waals surface area contributed by atoms with E-state index >= 15 is 0 Å². The van der Waals surface area contributed by atoms with E-state index in [1.54, 1.807) is 12.1 Å². The third-order valence-corrected chi connectivity index (χ3v) is 3.83. The second kappa shape index (κ2) is 4.10. The second-order valence-corrected chi connectivity index (χ2v) is 5.79. The van der Waals surface area contributed by atoms with Crippen molar-refractivity contribution in [1.29, 1.82) is 0 Å². The first-order valence-corrected chi connectivity index (χ1v) is 6.37. The summed E-state index contributed by atoms with van der Waals surface area (Å²) in [4.78, 5) is 22.9. The van der Waals surface area contributed by atoms with Crippen molar-refractivity contribution in [1.82, 2.24) is 0 Å². The number of carbonyl (C=O) groups excluding carboxylic acids is 1. The first kappa shape index (κ1) is 12.6. The van der Waals surface area contributed by atoms with Gasteiger partial charge in [0.1, 0.15) is 0 Å². The fraction of sp³-hybridized carbons (Fsp3) is 0.273. The number of carbonyl (C=O) groups is 2. The molecule has 1 aliphatic rings. The summed E-state index contributed by atoms with van der Waals surface area (Å²) < 4.78 is 6.43. The highest BCUT2D eigenvalue weighted by Gasteiger charge is 2.43. The van der Waals surface area contributed by atoms with E-state index in [2.05, 4.69) is 31.9 Å². The molecule has 0 aliphatic carbocycles. The van der Waals surface area contributed by atoms with E-state index in [4.69, 9.17) is 9.84 Å². The van der Waals surface area contributed by atoms with Crippen LogP contribution in [0.1, 0.15) is 22.8 Å². The molecule has 0 saturated carbocycles. The van der Waals surface area contributed by atoms with Gasteiger partial charge in [-0.15, -0.1) is 0 Å². The number of aliphatic carboxylic acids is 1. The number of rotatable bonds is 1. The molecule has 6 heteroatoms. The molecule has 1 aliphatic heterocycles. The van der Waals surface area contributed by atoms with Crippen molar-refractivity contribution in [3.05, 3.63) is 32.2 Å². The molecule has 1 heterocycles. The van der Waals surface area contributed by atoms with Gasteiger partial charge in [0.25, 0.3) is 0 Å². The molecule has 17 heavy (non-hydrogen) atoms. The lowest BCUT2D eigenvalue weighted by atomic mass is 9.90. The SMILES string of the molecule is CC1(C(=O)O)Cc2c(Br)cc(Br)cc2C(=O)O1. The Kier molecular flexibility index (Phi) is 3.03. The van der Waals surface area contributed by atoms with Crippen molar-refractivity contribution in [3.63, 3.8) is 0 Å². The Bertz CT molecular complexity index is 526. The molecule has 1 aromatic rings. The first-order valence-electron chi connectivity index (χ1n) is 4.78. The lowest BCUT2D eigenvalue weighted by Gasteiger charge is -2.31. The van der Waals surface area contributed by atoms with Gasteiger partial charge in [0.15, 0.2) is 0 Å². The van der Waals surface area contributed by atoms with Gasteiger partial charge in [0, 0.05) is 15.4 Å². The van der Waals surface area contributed by atoms with Crippen LogP contribution >= 0.6 is 31.9 Å². The van der Waals surface area contributed by atoms with Crippen LogP contribution in [0.15, 0.2) is 21.1 Å². The fourth-order valence-electron chi connectivity index (χ4n) is 1.72. The summed E-state index contributed by atoms with van der Waals surface area (Å²) in [6, 6.07) is 3.41. The van der Waals surface area contributed by atoms with Crippen LogP contribution in [0.25, 0.3) is 0 Å². The van der Waals surface area contributed by atoms with E-state index in [-0.39, 0.29) is 6.42 Å². The number of halogens is 2. The van der Waals surface area contributed by atoms with Gasteiger partial charge >= 0.3 is 11.9 Å². The molecule has 90 valence electrons. The normalized spacial score (nSPS) is 22.9. The predicted octanol–water partition coefficient (Wildman–Crippen LogP) is 2.77. The molecule has 4 nitrogen and oxygen atoms in total. The molecule has 0 radical (unpaired) electrons. The Labute approximate surface area is 114 Å². The van der Waals surface area contributed by atoms with Gasteiger partial charge in [-0.05, 0) is 24.6 Å². The molecule has 0 amide bonds. The molecule has 1 atom stereocenters. The van der Waals surface area contributed by atoms with E-state index in [0.29, 0.717) is 15.6 Å². The maximum atomic E-state index is 11.8. The molecule has 1 unspecified atom stereocenters. The quantitative estimate of drug-likeness (QED) is 0.779. The summed E-state index contributed by atoms with van der Waals surface area (Å²) in [5.41, 5.74) is -0.445. The molecular formula is C11H8Br2O4. The van der Waals surface area contributed by atoms with Gasteiger partial charge < -0.3 is 9.84 Å². The largest absolute Gasteiger partial charge is 0.478 e. The van der Waals surface area contributed by atoms with Crippen LogP contribution in [0.4, 0.5) is 0 Å². The summed E-state index contributed by atoms with van der Waals surface area (Å²) in [5.74, 6) is -1.76. The number of hydrogen-bond acceptors (Lipinski definition) is 3. The minimum absolute atomic E-state index is 0.150. The van der Waals surface area contributed by atoms with Crippen LogP contribution in [0.3, 0.4) is 0 Å². The summed E-state index contributed by atoms with van der Waals surface area (Å²) in [5, 5.41) is 9.08. The predicted molar refractivity (Wildman–Crippen MR) is 67.0 cm³/mol. The Morgan fingerprint density at radius 3 is 2.71 bits per heavy atom. The molecule has 1 aromatic carbocycles. The minimum Gasteiger partial charge on any atom is -0.478 e. The van der Waals surface area contributed by atoms with E-state index in [1.807, 2.05) is 0 Å². The number of esters is 1. The van der Waals surface area contributed by atoms with E-state index in [0.717, 1.165) is 4.47 Å². The van der Waals surface area contributed by atoms with Gasteiger partial charge in [-0.2, -0.15) is 0 Å². The van der Waals surface area contributed by atoms with E-state index < -0.39 is 17.5 Å². The van der Waals surface area contributed by atoms with Crippen molar-refractivity contribution in [2.75, 3.05) is 0 Å². The van der Waals surface area contributed by atoms with E-state index in [9.17, 15) is 9.59 Å². The van der Waals surface area contributed by atoms with Gasteiger partial charge in [-0.3, -0.25) is 0 Å². The summed E-state index contributed by atoms with van der Waals surface area (Å²) in [7, 11) is 0. The minimum atomic E-state index is -1.50. The van der Waals surface area contributed by atoms with Gasteiger partial charge in [0.2, 0.25) is 5.60 Å². The van der Waals surface area contributed by atoms with Crippen LogP contribution in [0.2, 0.25) is 0 Å². The number of carboxylic acid groups (broad SMARTS) is 1. The maximum Gasteiger partial charge on any atom is 0.348 e. The molecular weight excluding hydrogens is 356 g/mol. The molecule has 0 aromatic heterocycles. The van der Waals surface area contributed by atoms with Crippen molar-refractivity contribution < 1.29 is 19.4 Å². The molecule has 0 saturated heterocycles. The standard InChI is InChI=1S/C11H8Br2O4/c1-11(10(15)16)4-7-6(9(14)17-11)2-5(12)3-8(7)13/h2-3H,4H2,1H3,(H,15,16). The monoisotopic (exact) mass is 362 g/mol. The highest BCUT2D eigenvalue weighted by Crippen LogP contribution is 2.35. The lowest BCUT2D eigenvalue weighted by Crippen LogP contribution is -2.45. The second-order valence-electron chi connectivity index (χ2n) is 4.02. The van der Waals surface area contributed by atoms with Crippen LogP contribution in [-0.4, -0.2) is 22.6 Å². The zero-order valence-electron chi connectivity index (χ0n) is 8.79. The first-order chi connectivity index (χ1) is 7.83. The highest BCUT2D eigenvalue weighted by molar-refractivity contribution is 9.11.